The number of para-hydroxylation sites is 2. The van der Waals surface area contributed by atoms with Gasteiger partial charge in [-0.1, -0.05) is 44.7 Å². The van der Waals surface area contributed by atoms with Gasteiger partial charge in [-0.25, -0.2) is 4.98 Å². The highest BCUT2D eigenvalue weighted by molar-refractivity contribution is 5.86. The number of aryl methyl sites for hydroxylation is 1. The van der Waals surface area contributed by atoms with Crippen molar-refractivity contribution in [2.24, 2.45) is 0 Å². The van der Waals surface area contributed by atoms with E-state index in [1.54, 1.807) is 0 Å². The van der Waals surface area contributed by atoms with E-state index in [4.69, 9.17) is 9.72 Å². The van der Waals surface area contributed by atoms with Crippen LogP contribution in [0.5, 0.6) is 5.75 Å². The van der Waals surface area contributed by atoms with Gasteiger partial charge in [0.2, 0.25) is 5.91 Å². The van der Waals surface area contributed by atoms with Crippen LogP contribution in [0.4, 0.5) is 0 Å². The van der Waals surface area contributed by atoms with Crippen LogP contribution in [-0.4, -0.2) is 28.6 Å². The van der Waals surface area contributed by atoms with Crippen LogP contribution < -0.4 is 10.1 Å². The molecular weight excluding hydrogens is 374 g/mol. The van der Waals surface area contributed by atoms with Crippen LogP contribution in [0.15, 0.2) is 61.2 Å². The number of hydrogen-bond donors (Lipinski definition) is 1. The van der Waals surface area contributed by atoms with Crippen molar-refractivity contribution in [1.29, 1.82) is 0 Å². The van der Waals surface area contributed by atoms with E-state index in [2.05, 4.69) is 60.6 Å². The van der Waals surface area contributed by atoms with E-state index in [0.717, 1.165) is 48.4 Å². The number of amides is 1. The topological polar surface area (TPSA) is 56.2 Å². The van der Waals surface area contributed by atoms with Crippen molar-refractivity contribution in [2.45, 2.75) is 45.6 Å². The minimum Gasteiger partial charge on any atom is -0.492 e. The number of fused-ring (bicyclic) bond motifs is 1. The lowest BCUT2D eigenvalue weighted by Gasteiger charge is -2.13. The predicted molar refractivity (Wildman–Crippen MR) is 122 cm³/mol. The molecule has 0 saturated carbocycles. The zero-order valence-electron chi connectivity index (χ0n) is 17.9. The molecule has 0 spiro atoms. The van der Waals surface area contributed by atoms with Crippen LogP contribution in [0.1, 0.15) is 44.0 Å². The molecule has 1 aromatic heterocycles. The Labute approximate surface area is 178 Å². The summed E-state index contributed by atoms with van der Waals surface area (Å²) in [4.78, 5) is 16.1. The van der Waals surface area contributed by atoms with Gasteiger partial charge in [0, 0.05) is 13.0 Å². The normalized spacial score (nSPS) is 11.9. The molecule has 0 aliphatic carbocycles. The van der Waals surface area contributed by atoms with Gasteiger partial charge in [-0.2, -0.15) is 0 Å². The Balaban J connectivity index is 1.62. The highest BCUT2D eigenvalue weighted by Crippen LogP contribution is 2.22. The summed E-state index contributed by atoms with van der Waals surface area (Å²) in [6.07, 6.45) is 4.03. The highest BCUT2D eigenvalue weighted by Gasteiger charge is 2.11. The minimum atomic E-state index is -0.142. The van der Waals surface area contributed by atoms with E-state index in [9.17, 15) is 4.79 Å². The van der Waals surface area contributed by atoms with Crippen molar-refractivity contribution >= 4 is 16.9 Å². The van der Waals surface area contributed by atoms with Gasteiger partial charge in [0.15, 0.2) is 0 Å². The predicted octanol–water partition coefficient (Wildman–Crippen LogP) is 4.86. The summed E-state index contributed by atoms with van der Waals surface area (Å²) in [7, 11) is 0. The Hall–Kier alpha value is -3.08. The molecule has 0 bridgehead atoms. The van der Waals surface area contributed by atoms with Crippen LogP contribution in [0.2, 0.25) is 0 Å². The number of nitrogens with zero attached hydrogens (tertiary/aromatic N) is 2. The van der Waals surface area contributed by atoms with E-state index < -0.39 is 0 Å². The second-order valence-corrected chi connectivity index (χ2v) is 7.49. The monoisotopic (exact) mass is 405 g/mol. The molecule has 1 heterocycles. The van der Waals surface area contributed by atoms with Crippen LogP contribution >= 0.6 is 0 Å². The highest BCUT2D eigenvalue weighted by atomic mass is 16.5. The molecule has 3 aromatic rings. The van der Waals surface area contributed by atoms with Gasteiger partial charge < -0.3 is 14.6 Å². The quantitative estimate of drug-likeness (QED) is 0.366. The van der Waals surface area contributed by atoms with Crippen molar-refractivity contribution in [3.8, 4) is 5.75 Å². The third kappa shape index (κ3) is 5.50. The van der Waals surface area contributed by atoms with Gasteiger partial charge in [-0.3, -0.25) is 4.79 Å². The van der Waals surface area contributed by atoms with E-state index in [0.29, 0.717) is 19.1 Å². The maximum Gasteiger partial charge on any atom is 0.243 e. The number of rotatable bonds is 11. The van der Waals surface area contributed by atoms with Crippen molar-refractivity contribution in [3.63, 3.8) is 0 Å². The zero-order valence-corrected chi connectivity index (χ0v) is 17.9. The summed E-state index contributed by atoms with van der Waals surface area (Å²) >= 11 is 0. The molecule has 5 heteroatoms. The van der Waals surface area contributed by atoms with Crippen molar-refractivity contribution in [2.75, 3.05) is 13.2 Å². The second-order valence-electron chi connectivity index (χ2n) is 7.49. The standard InChI is InChI=1S/C25H31N3O2/c1-4-19(3)20-12-14-21(15-13-20)30-18-17-28-23-10-7-6-9-22(23)27-24(28)11-8-16-26-25(29)5-2/h5-7,9-10,12-15,19H,2,4,8,11,16-18H2,1,3H3,(H,26,29). The van der Waals surface area contributed by atoms with Gasteiger partial charge >= 0.3 is 0 Å². The smallest absolute Gasteiger partial charge is 0.243 e. The number of benzene rings is 2. The minimum absolute atomic E-state index is 0.142. The second kappa shape index (κ2) is 10.6. The molecule has 0 fully saturated rings. The molecule has 5 nitrogen and oxygen atoms in total. The molecular formula is C25H31N3O2. The van der Waals surface area contributed by atoms with Crippen LogP contribution in [0, 0.1) is 0 Å². The number of hydrogen-bond acceptors (Lipinski definition) is 3. The summed E-state index contributed by atoms with van der Waals surface area (Å²) in [6.45, 7) is 9.82. The Morgan fingerprint density at radius 2 is 2.00 bits per heavy atom. The lowest BCUT2D eigenvalue weighted by atomic mass is 9.99. The number of aromatic nitrogens is 2. The largest absolute Gasteiger partial charge is 0.492 e. The van der Waals surface area contributed by atoms with Crippen LogP contribution in [0.3, 0.4) is 0 Å². The summed E-state index contributed by atoms with van der Waals surface area (Å²) in [5.41, 5.74) is 3.44. The van der Waals surface area contributed by atoms with Gasteiger partial charge in [-0.05, 0) is 54.7 Å². The summed E-state index contributed by atoms with van der Waals surface area (Å²) in [5.74, 6) is 2.33. The Bertz CT molecular complexity index is 976. The van der Waals surface area contributed by atoms with E-state index >= 15 is 0 Å². The number of nitrogens with one attached hydrogen (secondary N) is 1. The molecule has 1 N–H and O–H groups in total. The van der Waals surface area contributed by atoms with Gasteiger partial charge in [0.05, 0.1) is 17.6 Å². The fourth-order valence-corrected chi connectivity index (χ4v) is 3.48. The van der Waals surface area contributed by atoms with E-state index in [-0.39, 0.29) is 5.91 Å². The van der Waals surface area contributed by atoms with E-state index in [1.165, 1.54) is 11.6 Å². The molecule has 158 valence electrons. The molecule has 0 aliphatic rings. The summed E-state index contributed by atoms with van der Waals surface area (Å²) in [6, 6.07) is 16.6. The maximum atomic E-state index is 11.3. The lowest BCUT2D eigenvalue weighted by molar-refractivity contribution is -0.116. The average Bonchev–Trinajstić information content (AvgIpc) is 3.14. The molecule has 1 amide bonds. The first-order chi connectivity index (χ1) is 14.6. The SMILES string of the molecule is C=CC(=O)NCCCc1nc2ccccc2n1CCOc1ccc(C(C)CC)cc1. The molecule has 0 radical (unpaired) electrons. The third-order valence-corrected chi connectivity index (χ3v) is 5.44. The molecule has 0 aliphatic heterocycles. The number of carbonyl (C=O) groups excluding carboxylic acids is 1. The number of imidazole rings is 1. The molecule has 0 saturated heterocycles. The fraction of sp³-hybridized carbons (Fsp3) is 0.360. The Morgan fingerprint density at radius 3 is 2.73 bits per heavy atom. The summed E-state index contributed by atoms with van der Waals surface area (Å²) in [5, 5.41) is 2.82. The molecule has 3 rings (SSSR count). The third-order valence-electron chi connectivity index (χ3n) is 5.44. The first kappa shape index (κ1) is 21.6. The average molecular weight is 406 g/mol. The van der Waals surface area contributed by atoms with Crippen LogP contribution in [0.25, 0.3) is 11.0 Å². The van der Waals surface area contributed by atoms with Crippen LogP contribution in [-0.2, 0) is 17.8 Å². The van der Waals surface area contributed by atoms with E-state index in [1.807, 2.05) is 18.2 Å². The Morgan fingerprint density at radius 1 is 1.23 bits per heavy atom. The molecule has 2 aromatic carbocycles. The first-order valence-electron chi connectivity index (χ1n) is 10.7. The first-order valence-corrected chi connectivity index (χ1v) is 10.7. The number of carbonyl (C=O) groups is 1. The van der Waals surface area contributed by atoms with Crippen molar-refractivity contribution in [3.05, 3.63) is 72.6 Å². The maximum absolute atomic E-state index is 11.3. The number of ether oxygens (including phenoxy) is 1. The lowest BCUT2D eigenvalue weighted by Crippen LogP contribution is -2.22. The van der Waals surface area contributed by atoms with Gasteiger partial charge in [0.1, 0.15) is 18.2 Å². The zero-order chi connectivity index (χ0) is 21.3. The van der Waals surface area contributed by atoms with Gasteiger partial charge in [-0.15, -0.1) is 0 Å². The molecule has 1 unspecified atom stereocenters. The molecule has 30 heavy (non-hydrogen) atoms. The fourth-order valence-electron chi connectivity index (χ4n) is 3.48. The van der Waals surface area contributed by atoms with Crippen molar-refractivity contribution < 1.29 is 9.53 Å². The molecule has 1 atom stereocenters. The summed E-state index contributed by atoms with van der Waals surface area (Å²) < 4.78 is 8.23. The van der Waals surface area contributed by atoms with Gasteiger partial charge in [0.25, 0.3) is 0 Å². The van der Waals surface area contributed by atoms with Crippen molar-refractivity contribution in [1.82, 2.24) is 14.9 Å². The Kier molecular flexibility index (Phi) is 7.66.